The van der Waals surface area contributed by atoms with Gasteiger partial charge in [0.15, 0.2) is 0 Å². The maximum absolute atomic E-state index is 12.7. The average molecular weight is 341 g/mol. The summed E-state index contributed by atoms with van der Waals surface area (Å²) < 4.78 is 0. The van der Waals surface area contributed by atoms with Gasteiger partial charge in [-0.1, -0.05) is 0 Å². The van der Waals surface area contributed by atoms with E-state index in [1.165, 1.54) is 5.56 Å². The Balaban J connectivity index is 1.64. The largest absolute Gasteiger partial charge is 0.359 e. The number of imidazole rings is 1. The Morgan fingerprint density at radius 1 is 1.36 bits per heavy atom. The van der Waals surface area contributed by atoms with Gasteiger partial charge in [0.25, 0.3) is 0 Å². The molecule has 1 unspecified atom stereocenters. The van der Waals surface area contributed by atoms with Crippen molar-refractivity contribution >= 4 is 5.91 Å². The third-order valence-electron chi connectivity index (χ3n) is 5.16. The van der Waals surface area contributed by atoms with Crippen molar-refractivity contribution in [1.82, 2.24) is 25.2 Å². The van der Waals surface area contributed by atoms with Gasteiger partial charge < -0.3 is 10.3 Å². The summed E-state index contributed by atoms with van der Waals surface area (Å²) in [5.41, 5.74) is 0.984. The number of aromatic amines is 1. The number of hydrogen-bond donors (Lipinski definition) is 2. The number of aromatic nitrogens is 3. The second-order valence-electron chi connectivity index (χ2n) is 6.92. The molecule has 3 heterocycles. The maximum atomic E-state index is 12.7. The Kier molecular flexibility index (Phi) is 5.81. The molecule has 2 N–H and O–H groups in total. The number of hydrogen-bond acceptors (Lipinski definition) is 4. The number of amides is 1. The minimum Gasteiger partial charge on any atom is -0.359 e. The summed E-state index contributed by atoms with van der Waals surface area (Å²) in [7, 11) is 1.75. The van der Waals surface area contributed by atoms with Crippen molar-refractivity contribution < 1.29 is 4.79 Å². The number of nitrogens with zero attached hydrogens (tertiary/aromatic N) is 3. The first-order valence-electron chi connectivity index (χ1n) is 9.03. The van der Waals surface area contributed by atoms with Crippen LogP contribution in [0.15, 0.2) is 36.9 Å². The lowest BCUT2D eigenvalue weighted by Gasteiger charge is -2.41. The van der Waals surface area contributed by atoms with Crippen molar-refractivity contribution in [2.45, 2.75) is 38.6 Å². The first kappa shape index (κ1) is 17.6. The van der Waals surface area contributed by atoms with Crippen LogP contribution < -0.4 is 5.32 Å². The maximum Gasteiger partial charge on any atom is 0.227 e. The number of H-pyrrole nitrogens is 1. The van der Waals surface area contributed by atoms with Gasteiger partial charge in [0.05, 0.1) is 12.0 Å². The van der Waals surface area contributed by atoms with Crippen LogP contribution in [0.3, 0.4) is 0 Å². The molecule has 134 valence electrons. The smallest absolute Gasteiger partial charge is 0.227 e. The number of piperidine rings is 1. The summed E-state index contributed by atoms with van der Waals surface area (Å²) in [6.45, 7) is 2.59. The summed E-state index contributed by atoms with van der Waals surface area (Å²) in [6.07, 6.45) is 12.2. The van der Waals surface area contributed by atoms with Crippen LogP contribution in [0, 0.1) is 5.41 Å². The molecule has 3 rings (SSSR count). The topological polar surface area (TPSA) is 73.9 Å². The molecule has 0 radical (unpaired) electrons. The highest BCUT2D eigenvalue weighted by Gasteiger charge is 2.41. The van der Waals surface area contributed by atoms with Gasteiger partial charge in [-0.3, -0.25) is 14.7 Å². The number of rotatable bonds is 7. The monoisotopic (exact) mass is 341 g/mol. The molecule has 1 aliphatic rings. The normalized spacial score (nSPS) is 21.2. The Morgan fingerprint density at radius 2 is 2.20 bits per heavy atom. The lowest BCUT2D eigenvalue weighted by molar-refractivity contribution is -0.134. The van der Waals surface area contributed by atoms with Crippen molar-refractivity contribution in [3.05, 3.63) is 48.3 Å². The first-order chi connectivity index (χ1) is 12.2. The molecule has 0 bridgehead atoms. The summed E-state index contributed by atoms with van der Waals surface area (Å²) in [5.74, 6) is 1.14. The Hall–Kier alpha value is -2.21. The number of likely N-dealkylation sites (tertiary alicyclic amines) is 1. The molecule has 2 aromatic heterocycles. The van der Waals surface area contributed by atoms with Gasteiger partial charge in [-0.2, -0.15) is 0 Å². The predicted molar refractivity (Wildman–Crippen MR) is 96.8 cm³/mol. The molecule has 1 saturated heterocycles. The van der Waals surface area contributed by atoms with Crippen molar-refractivity contribution in [3.63, 3.8) is 0 Å². The van der Waals surface area contributed by atoms with E-state index in [0.29, 0.717) is 0 Å². The van der Waals surface area contributed by atoms with E-state index < -0.39 is 0 Å². The highest BCUT2D eigenvalue weighted by Crippen LogP contribution is 2.36. The third-order valence-corrected chi connectivity index (χ3v) is 5.16. The molecule has 1 amide bonds. The minimum atomic E-state index is -0.299. The zero-order chi connectivity index (χ0) is 17.5. The van der Waals surface area contributed by atoms with Gasteiger partial charge in [-0.15, -0.1) is 0 Å². The van der Waals surface area contributed by atoms with Crippen LogP contribution in [0.25, 0.3) is 0 Å². The first-order valence-corrected chi connectivity index (χ1v) is 9.03. The molecule has 0 spiro atoms. The molecule has 2 aromatic rings. The van der Waals surface area contributed by atoms with Crippen molar-refractivity contribution in [1.29, 1.82) is 0 Å². The average Bonchev–Trinajstić information content (AvgIpc) is 3.15. The fourth-order valence-corrected chi connectivity index (χ4v) is 3.91. The summed E-state index contributed by atoms with van der Waals surface area (Å²) in [4.78, 5) is 26.6. The van der Waals surface area contributed by atoms with Gasteiger partial charge in [-0.05, 0) is 56.3 Å². The van der Waals surface area contributed by atoms with Crippen LogP contribution in [0.1, 0.15) is 37.1 Å². The van der Waals surface area contributed by atoms with Crippen molar-refractivity contribution in [3.8, 4) is 0 Å². The second-order valence-corrected chi connectivity index (χ2v) is 6.92. The number of carbonyl (C=O) groups excluding carboxylic acids is 1. The molecule has 6 nitrogen and oxygen atoms in total. The molecule has 6 heteroatoms. The van der Waals surface area contributed by atoms with Crippen molar-refractivity contribution in [2.24, 2.45) is 5.41 Å². The van der Waals surface area contributed by atoms with Crippen molar-refractivity contribution in [2.75, 3.05) is 20.1 Å². The van der Waals surface area contributed by atoms with Crippen LogP contribution in [0.5, 0.6) is 0 Å². The van der Waals surface area contributed by atoms with Crippen LogP contribution in [0.2, 0.25) is 0 Å². The van der Waals surface area contributed by atoms with E-state index in [9.17, 15) is 4.79 Å². The van der Waals surface area contributed by atoms with Crippen LogP contribution in [-0.2, 0) is 17.8 Å². The molecular weight excluding hydrogens is 314 g/mol. The molecule has 0 aliphatic carbocycles. The van der Waals surface area contributed by atoms with E-state index in [2.05, 4.69) is 37.3 Å². The van der Waals surface area contributed by atoms with Gasteiger partial charge in [-0.25, -0.2) is 4.98 Å². The fraction of sp³-hybridized carbons (Fsp3) is 0.526. The zero-order valence-corrected chi connectivity index (χ0v) is 14.9. The van der Waals surface area contributed by atoms with Gasteiger partial charge in [0.1, 0.15) is 5.82 Å². The van der Waals surface area contributed by atoms with E-state index in [1.54, 1.807) is 13.2 Å². The quantitative estimate of drug-likeness (QED) is 0.809. The lowest BCUT2D eigenvalue weighted by atomic mass is 9.74. The van der Waals surface area contributed by atoms with Gasteiger partial charge in [0, 0.05) is 38.4 Å². The Labute approximate surface area is 149 Å². The highest BCUT2D eigenvalue weighted by atomic mass is 16.2. The number of aryl methyl sites for hydroxylation is 1. The molecular formula is C19H27N5O. The summed E-state index contributed by atoms with van der Waals surface area (Å²) in [6, 6.07) is 4.10. The second kappa shape index (κ2) is 8.25. The zero-order valence-electron chi connectivity index (χ0n) is 14.9. The van der Waals surface area contributed by atoms with Crippen LogP contribution in [-0.4, -0.2) is 45.9 Å². The summed E-state index contributed by atoms with van der Waals surface area (Å²) in [5, 5.41) is 2.90. The SMILES string of the molecule is CNC(=O)C1(CCCc2ccncc2)CCCN(Cc2ncc[nH]2)C1. The van der Waals surface area contributed by atoms with Gasteiger partial charge in [0.2, 0.25) is 5.91 Å². The minimum absolute atomic E-state index is 0.173. The number of pyridine rings is 1. The number of carbonyl (C=O) groups is 1. The van der Waals surface area contributed by atoms with E-state index in [1.807, 2.05) is 18.6 Å². The highest BCUT2D eigenvalue weighted by molar-refractivity contribution is 5.82. The molecule has 1 atom stereocenters. The van der Waals surface area contributed by atoms with E-state index in [4.69, 9.17) is 0 Å². The predicted octanol–water partition coefficient (Wildman–Crippen LogP) is 2.16. The Morgan fingerprint density at radius 3 is 2.92 bits per heavy atom. The van der Waals surface area contributed by atoms with E-state index in [0.717, 1.165) is 57.6 Å². The number of nitrogens with one attached hydrogen (secondary N) is 2. The summed E-state index contributed by atoms with van der Waals surface area (Å²) >= 11 is 0. The van der Waals surface area contributed by atoms with Crippen LogP contribution >= 0.6 is 0 Å². The fourth-order valence-electron chi connectivity index (χ4n) is 3.91. The van der Waals surface area contributed by atoms with Gasteiger partial charge >= 0.3 is 0 Å². The molecule has 0 aromatic carbocycles. The lowest BCUT2D eigenvalue weighted by Crippen LogP contribution is -2.51. The molecule has 25 heavy (non-hydrogen) atoms. The van der Waals surface area contributed by atoms with Crippen LogP contribution in [0.4, 0.5) is 0 Å². The van der Waals surface area contributed by atoms with E-state index in [-0.39, 0.29) is 11.3 Å². The third kappa shape index (κ3) is 4.45. The Bertz CT molecular complexity index is 658. The molecule has 1 fully saturated rings. The molecule has 1 aliphatic heterocycles. The van der Waals surface area contributed by atoms with E-state index >= 15 is 0 Å². The standard InChI is InChI=1S/C19H27N5O/c1-20-18(25)19(7-2-4-16-5-9-21-10-6-16)8-3-13-24(15-19)14-17-22-11-12-23-17/h5-6,9-12H,2-4,7-8,13-15H2,1H3,(H,20,25)(H,22,23). The molecule has 0 saturated carbocycles.